The molecule has 0 saturated heterocycles. The van der Waals surface area contributed by atoms with Gasteiger partial charge in [-0.05, 0) is 30.9 Å². The average Bonchev–Trinajstić information content (AvgIpc) is 2.87. The van der Waals surface area contributed by atoms with Crippen molar-refractivity contribution < 1.29 is 4.74 Å². The van der Waals surface area contributed by atoms with Crippen LogP contribution >= 0.6 is 0 Å². The Morgan fingerprint density at radius 1 is 1.33 bits per heavy atom. The lowest BCUT2D eigenvalue weighted by atomic mass is 10.1. The number of fused-ring (bicyclic) bond motifs is 1. The molecule has 1 aliphatic heterocycles. The van der Waals surface area contributed by atoms with Gasteiger partial charge in [0.15, 0.2) is 5.96 Å². The number of para-hydroxylation sites is 1. The molecule has 116 valence electrons. The second-order valence-electron chi connectivity index (χ2n) is 5.88. The maximum absolute atomic E-state index is 5.92. The van der Waals surface area contributed by atoms with E-state index in [-0.39, 0.29) is 6.10 Å². The summed E-state index contributed by atoms with van der Waals surface area (Å²) < 4.78 is 5.92. The van der Waals surface area contributed by atoms with Gasteiger partial charge in [0.1, 0.15) is 11.9 Å². The highest BCUT2D eigenvalue weighted by molar-refractivity contribution is 5.79. The van der Waals surface area contributed by atoms with Gasteiger partial charge in [-0.25, -0.2) is 4.99 Å². The Labute approximate surface area is 128 Å². The van der Waals surface area contributed by atoms with Crippen LogP contribution in [0.25, 0.3) is 0 Å². The molecule has 0 aliphatic carbocycles. The fraction of sp³-hybridized carbons (Fsp3) is 0.588. The predicted molar refractivity (Wildman–Crippen MR) is 88.0 cm³/mol. The number of aliphatic imine (C=N–C) groups is 1. The second kappa shape index (κ2) is 7.91. The Morgan fingerprint density at radius 2 is 2.14 bits per heavy atom. The van der Waals surface area contributed by atoms with Gasteiger partial charge in [0.2, 0.25) is 0 Å². The number of nitrogens with one attached hydrogen (secondary N) is 2. The van der Waals surface area contributed by atoms with E-state index >= 15 is 0 Å². The lowest BCUT2D eigenvalue weighted by Gasteiger charge is -2.14. The topological polar surface area (TPSA) is 45.7 Å². The van der Waals surface area contributed by atoms with Crippen molar-refractivity contribution in [1.29, 1.82) is 0 Å². The number of rotatable bonds is 6. The van der Waals surface area contributed by atoms with Gasteiger partial charge in [0, 0.05) is 19.5 Å². The third-order valence-corrected chi connectivity index (χ3v) is 3.53. The van der Waals surface area contributed by atoms with E-state index in [9.17, 15) is 0 Å². The van der Waals surface area contributed by atoms with Crippen LogP contribution in [0.15, 0.2) is 29.3 Å². The Morgan fingerprint density at radius 3 is 2.86 bits per heavy atom. The number of guanidine groups is 1. The first-order valence-corrected chi connectivity index (χ1v) is 7.95. The molecule has 0 aromatic heterocycles. The fourth-order valence-corrected chi connectivity index (χ4v) is 2.37. The number of hydrogen-bond acceptors (Lipinski definition) is 2. The lowest BCUT2D eigenvalue weighted by Crippen LogP contribution is -2.39. The van der Waals surface area contributed by atoms with Crippen molar-refractivity contribution in [2.75, 3.05) is 19.6 Å². The van der Waals surface area contributed by atoms with Gasteiger partial charge >= 0.3 is 0 Å². The zero-order valence-electron chi connectivity index (χ0n) is 13.4. The third-order valence-electron chi connectivity index (χ3n) is 3.53. The van der Waals surface area contributed by atoms with E-state index in [0.29, 0.717) is 12.5 Å². The van der Waals surface area contributed by atoms with Crippen LogP contribution in [0.2, 0.25) is 0 Å². The molecule has 0 bridgehead atoms. The summed E-state index contributed by atoms with van der Waals surface area (Å²) in [6.45, 7) is 9.06. The summed E-state index contributed by atoms with van der Waals surface area (Å²) in [7, 11) is 0. The minimum Gasteiger partial charge on any atom is -0.488 e. The van der Waals surface area contributed by atoms with Crippen LogP contribution in [-0.4, -0.2) is 31.7 Å². The molecule has 1 atom stereocenters. The molecule has 1 aliphatic rings. The van der Waals surface area contributed by atoms with E-state index in [4.69, 9.17) is 4.74 Å². The maximum atomic E-state index is 5.92. The molecule has 0 spiro atoms. The van der Waals surface area contributed by atoms with Crippen molar-refractivity contribution in [3.63, 3.8) is 0 Å². The average molecular weight is 289 g/mol. The summed E-state index contributed by atoms with van der Waals surface area (Å²) in [5, 5.41) is 6.67. The van der Waals surface area contributed by atoms with Crippen molar-refractivity contribution in [3.8, 4) is 5.75 Å². The first-order valence-electron chi connectivity index (χ1n) is 7.95. The molecule has 21 heavy (non-hydrogen) atoms. The van der Waals surface area contributed by atoms with Crippen LogP contribution in [0.5, 0.6) is 5.75 Å². The Bertz CT molecular complexity index is 446. The SMILES string of the molecule is CCNC(=NCC1Cc2ccccc2O1)NCCC(C)C. The monoisotopic (exact) mass is 289 g/mol. The van der Waals surface area contributed by atoms with Crippen LogP contribution in [0.4, 0.5) is 0 Å². The highest BCUT2D eigenvalue weighted by atomic mass is 16.5. The quantitative estimate of drug-likeness (QED) is 0.625. The molecule has 1 heterocycles. The van der Waals surface area contributed by atoms with E-state index < -0.39 is 0 Å². The van der Waals surface area contributed by atoms with E-state index in [1.807, 2.05) is 12.1 Å². The van der Waals surface area contributed by atoms with Gasteiger partial charge in [-0.3, -0.25) is 0 Å². The van der Waals surface area contributed by atoms with Gasteiger partial charge in [-0.15, -0.1) is 0 Å². The highest BCUT2D eigenvalue weighted by Gasteiger charge is 2.21. The molecule has 0 saturated carbocycles. The van der Waals surface area contributed by atoms with Crippen LogP contribution < -0.4 is 15.4 Å². The smallest absolute Gasteiger partial charge is 0.191 e. The Balaban J connectivity index is 1.83. The van der Waals surface area contributed by atoms with Crippen LogP contribution in [0, 0.1) is 5.92 Å². The second-order valence-corrected chi connectivity index (χ2v) is 5.88. The first-order chi connectivity index (χ1) is 10.2. The summed E-state index contributed by atoms with van der Waals surface area (Å²) in [5.41, 5.74) is 1.29. The van der Waals surface area contributed by atoms with Gasteiger partial charge in [0.05, 0.1) is 6.54 Å². The Hall–Kier alpha value is -1.71. The molecule has 0 amide bonds. The summed E-state index contributed by atoms with van der Waals surface area (Å²) >= 11 is 0. The molecule has 1 aromatic carbocycles. The molecular weight excluding hydrogens is 262 g/mol. The zero-order valence-corrected chi connectivity index (χ0v) is 13.4. The summed E-state index contributed by atoms with van der Waals surface area (Å²) in [6, 6.07) is 8.24. The molecule has 2 N–H and O–H groups in total. The Kier molecular flexibility index (Phi) is 5.90. The van der Waals surface area contributed by atoms with E-state index in [1.54, 1.807) is 0 Å². The summed E-state index contributed by atoms with van der Waals surface area (Å²) in [4.78, 5) is 4.64. The number of benzene rings is 1. The molecular formula is C17H27N3O. The van der Waals surface area contributed by atoms with Crippen molar-refractivity contribution >= 4 is 5.96 Å². The van der Waals surface area contributed by atoms with Gasteiger partial charge < -0.3 is 15.4 Å². The summed E-state index contributed by atoms with van der Waals surface area (Å²) in [6.07, 6.45) is 2.25. The van der Waals surface area contributed by atoms with E-state index in [0.717, 1.165) is 37.6 Å². The molecule has 1 unspecified atom stereocenters. The molecule has 1 aromatic rings. The normalized spacial score (nSPS) is 17.5. The zero-order chi connectivity index (χ0) is 15.1. The van der Waals surface area contributed by atoms with Crippen molar-refractivity contribution in [3.05, 3.63) is 29.8 Å². The van der Waals surface area contributed by atoms with E-state index in [2.05, 4.69) is 48.5 Å². The predicted octanol–water partition coefficient (Wildman–Crippen LogP) is 2.59. The number of nitrogens with zero attached hydrogens (tertiary/aromatic N) is 1. The minimum atomic E-state index is 0.156. The molecule has 0 radical (unpaired) electrons. The van der Waals surface area contributed by atoms with Gasteiger partial charge in [-0.2, -0.15) is 0 Å². The summed E-state index contributed by atoms with van der Waals surface area (Å²) in [5.74, 6) is 2.60. The first kappa shape index (κ1) is 15.7. The molecule has 2 rings (SSSR count). The van der Waals surface area contributed by atoms with Crippen LogP contribution in [-0.2, 0) is 6.42 Å². The van der Waals surface area contributed by atoms with Crippen LogP contribution in [0.1, 0.15) is 32.8 Å². The number of hydrogen-bond donors (Lipinski definition) is 2. The molecule has 0 fully saturated rings. The van der Waals surface area contributed by atoms with Crippen molar-refractivity contribution in [2.45, 2.75) is 39.7 Å². The fourth-order valence-electron chi connectivity index (χ4n) is 2.37. The van der Waals surface area contributed by atoms with Crippen molar-refractivity contribution in [2.24, 2.45) is 10.9 Å². The molecule has 4 heteroatoms. The lowest BCUT2D eigenvalue weighted by molar-refractivity contribution is 0.241. The maximum Gasteiger partial charge on any atom is 0.191 e. The minimum absolute atomic E-state index is 0.156. The highest BCUT2D eigenvalue weighted by Crippen LogP contribution is 2.28. The molecule has 4 nitrogen and oxygen atoms in total. The van der Waals surface area contributed by atoms with Crippen molar-refractivity contribution in [1.82, 2.24) is 10.6 Å². The third kappa shape index (κ3) is 4.96. The number of ether oxygens (including phenoxy) is 1. The standard InChI is InChI=1S/C17H27N3O/c1-4-18-17(19-10-9-13(2)3)20-12-15-11-14-7-5-6-8-16(14)21-15/h5-8,13,15H,4,9-12H2,1-3H3,(H2,18,19,20). The largest absolute Gasteiger partial charge is 0.488 e. The van der Waals surface area contributed by atoms with Crippen LogP contribution in [0.3, 0.4) is 0 Å². The van der Waals surface area contributed by atoms with E-state index in [1.165, 1.54) is 5.56 Å². The van der Waals surface area contributed by atoms with Gasteiger partial charge in [-0.1, -0.05) is 32.0 Å². The van der Waals surface area contributed by atoms with Gasteiger partial charge in [0.25, 0.3) is 0 Å².